The summed E-state index contributed by atoms with van der Waals surface area (Å²) in [4.78, 5) is 2.52. The van der Waals surface area contributed by atoms with E-state index in [1.165, 1.54) is 0 Å². The minimum Gasteiger partial charge on any atom is -0.390 e. The van der Waals surface area contributed by atoms with Crippen molar-refractivity contribution in [3.05, 3.63) is 10.4 Å². The molecule has 0 radical (unpaired) electrons. The summed E-state index contributed by atoms with van der Waals surface area (Å²) in [6.07, 6.45) is -1.95. The molecule has 0 aliphatic carbocycles. The first-order valence-corrected chi connectivity index (χ1v) is 3.24. The molecule has 0 spiro atoms. The van der Waals surface area contributed by atoms with Crippen molar-refractivity contribution in [1.82, 2.24) is 0 Å². The molecule has 11 heavy (non-hydrogen) atoms. The molecule has 62 valence electrons. The first-order chi connectivity index (χ1) is 5.25. The van der Waals surface area contributed by atoms with Gasteiger partial charge in [-0.2, -0.15) is 0 Å². The van der Waals surface area contributed by atoms with Gasteiger partial charge in [0.05, 0.1) is 25.4 Å². The molecule has 6 nitrogen and oxygen atoms in total. The second-order valence-corrected chi connectivity index (χ2v) is 2.37. The van der Waals surface area contributed by atoms with E-state index in [1.807, 2.05) is 0 Å². The van der Waals surface area contributed by atoms with Crippen LogP contribution in [0.4, 0.5) is 0 Å². The van der Waals surface area contributed by atoms with Crippen molar-refractivity contribution in [2.75, 3.05) is 13.2 Å². The maximum atomic E-state index is 9.17. The minimum atomic E-state index is -1.00. The number of ether oxygens (including phenoxy) is 1. The molecule has 0 amide bonds. The van der Waals surface area contributed by atoms with Crippen molar-refractivity contribution >= 4 is 0 Å². The highest BCUT2D eigenvalue weighted by Gasteiger charge is 2.30. The van der Waals surface area contributed by atoms with Crippen molar-refractivity contribution < 1.29 is 14.9 Å². The Morgan fingerprint density at radius 1 is 1.45 bits per heavy atom. The number of nitrogens with zero attached hydrogens (tertiary/aromatic N) is 3. The number of aliphatic hydroxyl groups is 2. The van der Waals surface area contributed by atoms with Gasteiger partial charge in [-0.3, -0.25) is 0 Å². The normalized spacial score (nSPS) is 37.8. The van der Waals surface area contributed by atoms with E-state index in [4.69, 9.17) is 15.4 Å². The van der Waals surface area contributed by atoms with Crippen LogP contribution in [0, 0.1) is 0 Å². The molecule has 1 unspecified atom stereocenters. The van der Waals surface area contributed by atoms with E-state index in [1.54, 1.807) is 0 Å². The highest BCUT2D eigenvalue weighted by molar-refractivity contribution is 4.85. The van der Waals surface area contributed by atoms with Crippen molar-refractivity contribution in [2.45, 2.75) is 18.2 Å². The molecular formula is C5H9N3O3. The van der Waals surface area contributed by atoms with E-state index in [0.717, 1.165) is 0 Å². The topological polar surface area (TPSA) is 98.5 Å². The van der Waals surface area contributed by atoms with Gasteiger partial charge in [-0.05, 0) is 5.53 Å². The SMILES string of the molecule is [N-]=[N+]=NC1COC[C@@H](O)[C@@H]1O. The molecule has 1 heterocycles. The highest BCUT2D eigenvalue weighted by atomic mass is 16.5. The lowest BCUT2D eigenvalue weighted by molar-refractivity contribution is -0.0964. The van der Waals surface area contributed by atoms with Gasteiger partial charge in [0.25, 0.3) is 0 Å². The van der Waals surface area contributed by atoms with E-state index in [-0.39, 0.29) is 13.2 Å². The summed E-state index contributed by atoms with van der Waals surface area (Å²) in [5, 5.41) is 21.5. The van der Waals surface area contributed by atoms with Gasteiger partial charge in [-0.1, -0.05) is 5.11 Å². The van der Waals surface area contributed by atoms with Gasteiger partial charge in [0.1, 0.15) is 6.10 Å². The Morgan fingerprint density at radius 3 is 2.82 bits per heavy atom. The van der Waals surface area contributed by atoms with Crippen LogP contribution in [0.25, 0.3) is 10.4 Å². The van der Waals surface area contributed by atoms with Crippen LogP contribution in [0.1, 0.15) is 0 Å². The van der Waals surface area contributed by atoms with Crippen LogP contribution < -0.4 is 0 Å². The maximum Gasteiger partial charge on any atom is 0.104 e. The Labute approximate surface area is 63.0 Å². The van der Waals surface area contributed by atoms with Gasteiger partial charge in [-0.15, -0.1) is 0 Å². The standard InChI is InChI=1S/C5H9N3O3/c6-8-7-3-1-11-2-4(9)5(3)10/h3-5,9-10H,1-2H2/t3?,4-,5-/m1/s1. The number of rotatable bonds is 1. The lowest BCUT2D eigenvalue weighted by Gasteiger charge is -2.28. The van der Waals surface area contributed by atoms with E-state index >= 15 is 0 Å². The fourth-order valence-corrected chi connectivity index (χ4v) is 0.931. The lowest BCUT2D eigenvalue weighted by Crippen LogP contribution is -2.46. The molecule has 0 saturated carbocycles. The lowest BCUT2D eigenvalue weighted by atomic mass is 10.1. The van der Waals surface area contributed by atoms with E-state index in [2.05, 4.69) is 10.0 Å². The molecule has 0 aromatic heterocycles. The minimum absolute atomic E-state index is 0.0958. The molecule has 1 aliphatic rings. The summed E-state index contributed by atoms with van der Waals surface area (Å²) < 4.78 is 4.84. The smallest absolute Gasteiger partial charge is 0.104 e. The molecule has 0 aromatic rings. The zero-order valence-corrected chi connectivity index (χ0v) is 5.79. The van der Waals surface area contributed by atoms with Gasteiger partial charge in [-0.25, -0.2) is 0 Å². The third-order valence-corrected chi connectivity index (χ3v) is 1.57. The first kappa shape index (κ1) is 8.29. The van der Waals surface area contributed by atoms with Crippen molar-refractivity contribution in [2.24, 2.45) is 5.11 Å². The van der Waals surface area contributed by atoms with Crippen molar-refractivity contribution in [3.8, 4) is 0 Å². The number of hydrogen-bond acceptors (Lipinski definition) is 4. The average Bonchev–Trinajstić information content (AvgIpc) is 1.99. The molecule has 6 heteroatoms. The number of azide groups is 1. The van der Waals surface area contributed by atoms with Crippen LogP contribution >= 0.6 is 0 Å². The van der Waals surface area contributed by atoms with Gasteiger partial charge in [0.15, 0.2) is 0 Å². The largest absolute Gasteiger partial charge is 0.390 e. The van der Waals surface area contributed by atoms with Crippen molar-refractivity contribution in [1.29, 1.82) is 0 Å². The Morgan fingerprint density at radius 2 is 2.18 bits per heavy atom. The molecule has 1 saturated heterocycles. The quantitative estimate of drug-likeness (QED) is 0.304. The third-order valence-electron chi connectivity index (χ3n) is 1.57. The summed E-state index contributed by atoms with van der Waals surface area (Å²) >= 11 is 0. The summed E-state index contributed by atoms with van der Waals surface area (Å²) in [6, 6.07) is -0.663. The third kappa shape index (κ3) is 1.81. The van der Waals surface area contributed by atoms with E-state index in [0.29, 0.717) is 0 Å². The Hall–Kier alpha value is -0.810. The summed E-state index contributed by atoms with van der Waals surface area (Å²) in [6.45, 7) is 0.265. The second kappa shape index (κ2) is 3.54. The predicted molar refractivity (Wildman–Crippen MR) is 35.8 cm³/mol. The fraction of sp³-hybridized carbons (Fsp3) is 1.00. The van der Waals surface area contributed by atoms with Gasteiger partial charge >= 0.3 is 0 Å². The van der Waals surface area contributed by atoms with Gasteiger partial charge in [0.2, 0.25) is 0 Å². The van der Waals surface area contributed by atoms with Crippen LogP contribution in [0.2, 0.25) is 0 Å². The Bertz CT molecular complexity index is 180. The molecule has 1 fully saturated rings. The Balaban J connectivity index is 2.57. The van der Waals surface area contributed by atoms with Crippen LogP contribution in [0.5, 0.6) is 0 Å². The molecule has 3 atom stereocenters. The summed E-state index contributed by atoms with van der Waals surface area (Å²) in [5.74, 6) is 0. The second-order valence-electron chi connectivity index (χ2n) is 2.37. The molecule has 2 N–H and O–H groups in total. The molecule has 0 aromatic carbocycles. The molecule has 1 rings (SSSR count). The first-order valence-electron chi connectivity index (χ1n) is 3.24. The van der Waals surface area contributed by atoms with Gasteiger partial charge < -0.3 is 14.9 Å². The van der Waals surface area contributed by atoms with Gasteiger partial charge in [0, 0.05) is 4.91 Å². The molecule has 1 aliphatic heterocycles. The van der Waals surface area contributed by atoms with E-state index < -0.39 is 18.2 Å². The number of aliphatic hydroxyl groups excluding tert-OH is 2. The van der Waals surface area contributed by atoms with Crippen LogP contribution in [-0.2, 0) is 4.74 Å². The van der Waals surface area contributed by atoms with Crippen molar-refractivity contribution in [3.63, 3.8) is 0 Å². The predicted octanol–water partition coefficient (Wildman–Crippen LogP) is -0.583. The summed E-state index contributed by atoms with van der Waals surface area (Å²) in [5.41, 5.74) is 8.03. The maximum absolute atomic E-state index is 9.17. The van der Waals surface area contributed by atoms with E-state index in [9.17, 15) is 5.11 Å². The zero-order chi connectivity index (χ0) is 8.27. The highest BCUT2D eigenvalue weighted by Crippen LogP contribution is 2.11. The van der Waals surface area contributed by atoms with Crippen LogP contribution in [0.3, 0.4) is 0 Å². The monoisotopic (exact) mass is 159 g/mol. The molecular weight excluding hydrogens is 150 g/mol. The van der Waals surface area contributed by atoms with Crippen LogP contribution in [-0.4, -0.2) is 41.7 Å². The van der Waals surface area contributed by atoms with Crippen LogP contribution in [0.15, 0.2) is 5.11 Å². The fourth-order valence-electron chi connectivity index (χ4n) is 0.931. The molecule has 0 bridgehead atoms. The Kier molecular flexibility index (Phi) is 2.67. The summed E-state index contributed by atoms with van der Waals surface area (Å²) in [7, 11) is 0. The zero-order valence-electron chi connectivity index (χ0n) is 5.79. The average molecular weight is 159 g/mol. The number of hydrogen-bond donors (Lipinski definition) is 2.